The molecular weight excluding hydrogens is 472 g/mol. The van der Waals surface area contributed by atoms with Crippen molar-refractivity contribution in [1.82, 2.24) is 0 Å². The van der Waals surface area contributed by atoms with E-state index in [0.29, 0.717) is 34.7 Å². The monoisotopic (exact) mass is 522 g/mol. The second-order valence-corrected chi connectivity index (χ2v) is 14.1. The van der Waals surface area contributed by atoms with Crippen molar-refractivity contribution in [2.45, 2.75) is 110 Å². The number of esters is 1. The lowest BCUT2D eigenvalue weighted by Gasteiger charge is -2.58. The number of hydrogen-bond acceptors (Lipinski definition) is 4. The van der Waals surface area contributed by atoms with E-state index in [1.807, 2.05) is 6.07 Å². The molecule has 4 aliphatic carbocycles. The van der Waals surface area contributed by atoms with Crippen LogP contribution < -0.4 is 0 Å². The summed E-state index contributed by atoms with van der Waals surface area (Å²) in [4.78, 5) is 12.3. The van der Waals surface area contributed by atoms with E-state index in [-0.39, 0.29) is 6.61 Å². The first-order valence-electron chi connectivity index (χ1n) is 15.4. The molecule has 0 heterocycles. The van der Waals surface area contributed by atoms with Gasteiger partial charge in [0.05, 0.1) is 11.7 Å². The van der Waals surface area contributed by atoms with Gasteiger partial charge in [0.25, 0.3) is 0 Å². The number of fused-ring (bicyclic) bond motifs is 5. The SMILES string of the molecule is C[C@H](CCC(O)C(C)(O)COC(=O)c1ccccc1)[C@H]1CC[C@H]2[C@@H]3CC=C4CCCC[C@]4(C)[C@H]3CC[C@]12C. The smallest absolute Gasteiger partial charge is 0.338 e. The molecule has 0 bridgehead atoms. The number of allylic oxidation sites excluding steroid dienone is 2. The van der Waals surface area contributed by atoms with Gasteiger partial charge in [0.1, 0.15) is 12.2 Å². The van der Waals surface area contributed by atoms with Crippen LogP contribution in [0.4, 0.5) is 0 Å². The van der Waals surface area contributed by atoms with Crippen molar-refractivity contribution in [2.75, 3.05) is 6.61 Å². The zero-order valence-corrected chi connectivity index (χ0v) is 24.1. The summed E-state index contributed by atoms with van der Waals surface area (Å²) in [7, 11) is 0. The first-order chi connectivity index (χ1) is 18.1. The largest absolute Gasteiger partial charge is 0.459 e. The lowest BCUT2D eigenvalue weighted by molar-refractivity contribution is -0.102. The fourth-order valence-electron chi connectivity index (χ4n) is 9.57. The predicted molar refractivity (Wildman–Crippen MR) is 152 cm³/mol. The Labute approximate surface area is 230 Å². The van der Waals surface area contributed by atoms with Gasteiger partial charge in [-0.3, -0.25) is 0 Å². The fourth-order valence-corrected chi connectivity index (χ4v) is 9.57. The highest BCUT2D eigenvalue weighted by Crippen LogP contribution is 2.67. The summed E-state index contributed by atoms with van der Waals surface area (Å²) in [5.74, 6) is 3.22. The van der Waals surface area contributed by atoms with E-state index in [0.717, 1.165) is 24.2 Å². The number of carbonyl (C=O) groups excluding carboxylic acids is 1. The Bertz CT molecular complexity index is 1010. The summed E-state index contributed by atoms with van der Waals surface area (Å²) in [6, 6.07) is 8.79. The molecular formula is C34H50O4. The van der Waals surface area contributed by atoms with E-state index in [4.69, 9.17) is 4.74 Å². The van der Waals surface area contributed by atoms with Gasteiger partial charge in [-0.15, -0.1) is 0 Å². The van der Waals surface area contributed by atoms with E-state index in [1.165, 1.54) is 57.8 Å². The molecule has 4 aliphatic rings. The van der Waals surface area contributed by atoms with Gasteiger partial charge in [-0.05, 0) is 124 Å². The predicted octanol–water partition coefficient (Wildman–Crippen LogP) is 7.34. The number of aliphatic hydroxyl groups excluding tert-OH is 1. The molecule has 2 unspecified atom stereocenters. The Morgan fingerprint density at radius 1 is 1.08 bits per heavy atom. The summed E-state index contributed by atoms with van der Waals surface area (Å²) in [6.07, 6.45) is 15.3. The summed E-state index contributed by atoms with van der Waals surface area (Å²) in [5.41, 5.74) is 1.60. The minimum Gasteiger partial charge on any atom is -0.459 e. The second-order valence-electron chi connectivity index (χ2n) is 14.1. The average Bonchev–Trinajstić information content (AvgIpc) is 3.27. The first kappa shape index (κ1) is 27.9. The molecule has 9 atom stereocenters. The third-order valence-corrected chi connectivity index (χ3v) is 11.9. The quantitative estimate of drug-likeness (QED) is 0.277. The Balaban J connectivity index is 1.17. The molecule has 0 radical (unpaired) electrons. The standard InChI is InChI=1S/C34H50O4/c1-23(13-18-30(35)34(4,37)22-38-31(36)24-10-6-5-7-11-24)27-16-17-28-26-15-14-25-12-8-9-20-32(25,2)29(26)19-21-33(27,28)3/h5-7,10-11,14,23,26-30,35,37H,8-9,12-13,15-22H2,1-4H3/t23-,26+,27-,28+,29+,30?,32+,33-,34?/m1/s1. The maximum atomic E-state index is 12.3. The van der Waals surface area contributed by atoms with Crippen LogP contribution in [0.15, 0.2) is 42.0 Å². The van der Waals surface area contributed by atoms with Crippen molar-refractivity contribution >= 4 is 5.97 Å². The Morgan fingerprint density at radius 2 is 1.84 bits per heavy atom. The number of carbonyl (C=O) groups is 1. The maximum Gasteiger partial charge on any atom is 0.338 e. The van der Waals surface area contributed by atoms with Gasteiger partial charge in [-0.2, -0.15) is 0 Å². The summed E-state index contributed by atoms with van der Waals surface area (Å²) >= 11 is 0. The lowest BCUT2D eigenvalue weighted by Crippen LogP contribution is -2.50. The van der Waals surface area contributed by atoms with Crippen LogP contribution in [0.5, 0.6) is 0 Å². The second kappa shape index (κ2) is 10.7. The van der Waals surface area contributed by atoms with E-state index in [9.17, 15) is 15.0 Å². The van der Waals surface area contributed by atoms with Gasteiger partial charge in [0.2, 0.25) is 0 Å². The number of benzene rings is 1. The van der Waals surface area contributed by atoms with Crippen molar-refractivity contribution in [3.63, 3.8) is 0 Å². The molecule has 4 nitrogen and oxygen atoms in total. The highest BCUT2D eigenvalue weighted by atomic mass is 16.5. The van der Waals surface area contributed by atoms with Crippen molar-refractivity contribution < 1.29 is 19.7 Å². The molecule has 5 rings (SSSR count). The van der Waals surface area contributed by atoms with Gasteiger partial charge < -0.3 is 14.9 Å². The molecule has 3 fully saturated rings. The van der Waals surface area contributed by atoms with Gasteiger partial charge in [-0.1, -0.05) is 57.0 Å². The van der Waals surface area contributed by atoms with Crippen molar-refractivity contribution in [2.24, 2.45) is 40.4 Å². The normalized spacial score (nSPS) is 37.6. The number of rotatable bonds is 8. The first-order valence-corrected chi connectivity index (χ1v) is 15.4. The van der Waals surface area contributed by atoms with Gasteiger partial charge in [0.15, 0.2) is 0 Å². The van der Waals surface area contributed by atoms with Crippen LogP contribution in [0.1, 0.15) is 109 Å². The van der Waals surface area contributed by atoms with Crippen LogP contribution in [0.25, 0.3) is 0 Å². The van der Waals surface area contributed by atoms with Crippen LogP contribution in [-0.2, 0) is 4.74 Å². The minimum absolute atomic E-state index is 0.211. The maximum absolute atomic E-state index is 12.3. The van der Waals surface area contributed by atoms with Gasteiger partial charge in [-0.25, -0.2) is 4.79 Å². The van der Waals surface area contributed by atoms with Gasteiger partial charge in [0, 0.05) is 0 Å². The molecule has 1 aromatic carbocycles. The highest BCUT2D eigenvalue weighted by Gasteiger charge is 2.58. The zero-order chi connectivity index (χ0) is 27.1. The van der Waals surface area contributed by atoms with Crippen LogP contribution in [-0.4, -0.2) is 34.5 Å². The van der Waals surface area contributed by atoms with Crippen molar-refractivity contribution in [3.8, 4) is 0 Å². The molecule has 38 heavy (non-hydrogen) atoms. The summed E-state index contributed by atoms with van der Waals surface area (Å²) in [6.45, 7) is 8.90. The van der Waals surface area contributed by atoms with Crippen molar-refractivity contribution in [3.05, 3.63) is 47.5 Å². The van der Waals surface area contributed by atoms with E-state index in [1.54, 1.807) is 36.8 Å². The molecule has 0 aliphatic heterocycles. The number of ether oxygens (including phenoxy) is 1. The topological polar surface area (TPSA) is 66.8 Å². The third kappa shape index (κ3) is 5.01. The van der Waals surface area contributed by atoms with Crippen molar-refractivity contribution in [1.29, 1.82) is 0 Å². The van der Waals surface area contributed by atoms with Crippen LogP contribution in [0, 0.1) is 40.4 Å². The Hall–Kier alpha value is -1.65. The van der Waals surface area contributed by atoms with Crippen LogP contribution in [0.2, 0.25) is 0 Å². The highest BCUT2D eigenvalue weighted by molar-refractivity contribution is 5.89. The molecule has 210 valence electrons. The average molecular weight is 523 g/mol. The molecule has 4 heteroatoms. The molecule has 0 spiro atoms. The minimum atomic E-state index is -1.47. The number of aliphatic hydroxyl groups is 2. The Kier molecular flexibility index (Phi) is 7.88. The van der Waals surface area contributed by atoms with Crippen LogP contribution >= 0.6 is 0 Å². The van der Waals surface area contributed by atoms with Crippen LogP contribution in [0.3, 0.4) is 0 Å². The Morgan fingerprint density at radius 3 is 2.61 bits per heavy atom. The molecule has 3 saturated carbocycles. The van der Waals surface area contributed by atoms with E-state index in [2.05, 4.69) is 26.8 Å². The van der Waals surface area contributed by atoms with Gasteiger partial charge >= 0.3 is 5.97 Å². The molecule has 0 aromatic heterocycles. The molecule has 1 aromatic rings. The number of hydrogen-bond donors (Lipinski definition) is 2. The summed E-state index contributed by atoms with van der Waals surface area (Å²) < 4.78 is 5.35. The molecule has 0 amide bonds. The fraction of sp³-hybridized carbons (Fsp3) is 0.735. The molecule has 2 N–H and O–H groups in total. The van der Waals surface area contributed by atoms with E-state index >= 15 is 0 Å². The lowest BCUT2D eigenvalue weighted by atomic mass is 9.47. The summed E-state index contributed by atoms with van der Waals surface area (Å²) in [5, 5.41) is 21.8. The zero-order valence-electron chi connectivity index (χ0n) is 24.1. The molecule has 0 saturated heterocycles. The third-order valence-electron chi connectivity index (χ3n) is 11.9. The van der Waals surface area contributed by atoms with E-state index < -0.39 is 17.7 Å².